The van der Waals surface area contributed by atoms with Gasteiger partial charge in [-0.05, 0) is 31.0 Å². The second kappa shape index (κ2) is 8.63. The average Bonchev–Trinajstić information content (AvgIpc) is 3.31. The summed E-state index contributed by atoms with van der Waals surface area (Å²) in [5.41, 5.74) is 2.22. The Labute approximate surface area is 184 Å². The van der Waals surface area contributed by atoms with E-state index in [9.17, 15) is 14.0 Å². The van der Waals surface area contributed by atoms with E-state index in [1.54, 1.807) is 41.4 Å². The molecule has 0 spiro atoms. The number of benzene rings is 1. The molecule has 2 aliphatic heterocycles. The van der Waals surface area contributed by atoms with Crippen molar-refractivity contribution >= 4 is 5.91 Å². The predicted octanol–water partition coefficient (Wildman–Crippen LogP) is 2.84. The van der Waals surface area contributed by atoms with E-state index in [-0.39, 0.29) is 23.3 Å². The second-order valence-electron chi connectivity index (χ2n) is 8.30. The number of carbonyl (C=O) groups is 1. The van der Waals surface area contributed by atoms with Crippen LogP contribution < -0.4 is 5.56 Å². The molecule has 0 aliphatic carbocycles. The zero-order valence-corrected chi connectivity index (χ0v) is 17.6. The Balaban J connectivity index is 1.37. The van der Waals surface area contributed by atoms with E-state index < -0.39 is 0 Å². The maximum absolute atomic E-state index is 14.0. The Morgan fingerprint density at radius 3 is 2.81 bits per heavy atom. The van der Waals surface area contributed by atoms with Crippen molar-refractivity contribution < 1.29 is 9.18 Å². The minimum Gasteiger partial charge on any atom is -0.327 e. The maximum Gasteiger partial charge on any atom is 0.273 e. The summed E-state index contributed by atoms with van der Waals surface area (Å²) in [5, 5.41) is 0. The molecular formula is C24H24FN5O2. The molecule has 8 heteroatoms. The van der Waals surface area contributed by atoms with Crippen LogP contribution in [0.25, 0.3) is 0 Å². The van der Waals surface area contributed by atoms with Crippen LogP contribution in [0.2, 0.25) is 0 Å². The number of likely N-dealkylation sites (tertiary alicyclic amines) is 1. The molecule has 0 bridgehead atoms. The van der Waals surface area contributed by atoms with Crippen molar-refractivity contribution in [2.45, 2.75) is 38.4 Å². The molecule has 5 rings (SSSR count). The Morgan fingerprint density at radius 1 is 1.16 bits per heavy atom. The minimum absolute atomic E-state index is 0.149. The highest BCUT2D eigenvalue weighted by Crippen LogP contribution is 2.31. The molecule has 1 N–H and O–H groups in total. The number of pyridine rings is 1. The number of aromatic amines is 1. The maximum atomic E-state index is 14.0. The molecule has 1 aromatic carbocycles. The largest absolute Gasteiger partial charge is 0.327 e. The van der Waals surface area contributed by atoms with Gasteiger partial charge in [0.2, 0.25) is 0 Å². The van der Waals surface area contributed by atoms with Crippen LogP contribution in [-0.4, -0.2) is 43.7 Å². The van der Waals surface area contributed by atoms with E-state index in [0.29, 0.717) is 55.2 Å². The van der Waals surface area contributed by atoms with Crippen LogP contribution >= 0.6 is 0 Å². The topological polar surface area (TPSA) is 82.2 Å². The molecule has 32 heavy (non-hydrogen) atoms. The normalized spacial score (nSPS) is 18.5. The highest BCUT2D eigenvalue weighted by molar-refractivity contribution is 5.92. The third-order valence-corrected chi connectivity index (χ3v) is 6.23. The van der Waals surface area contributed by atoms with E-state index in [1.807, 2.05) is 6.07 Å². The van der Waals surface area contributed by atoms with Crippen LogP contribution in [0, 0.1) is 5.82 Å². The first-order valence-electron chi connectivity index (χ1n) is 10.9. The molecule has 1 atom stereocenters. The predicted molar refractivity (Wildman–Crippen MR) is 116 cm³/mol. The van der Waals surface area contributed by atoms with Gasteiger partial charge in [0, 0.05) is 44.4 Å². The fourth-order valence-corrected chi connectivity index (χ4v) is 4.59. The van der Waals surface area contributed by atoms with E-state index >= 15 is 0 Å². The van der Waals surface area contributed by atoms with Gasteiger partial charge in [-0.25, -0.2) is 9.37 Å². The third-order valence-electron chi connectivity index (χ3n) is 6.23. The number of amides is 1. The minimum atomic E-state index is -0.265. The van der Waals surface area contributed by atoms with Crippen molar-refractivity contribution in [1.29, 1.82) is 0 Å². The Morgan fingerprint density at radius 2 is 2.00 bits per heavy atom. The lowest BCUT2D eigenvalue weighted by molar-refractivity contribution is 0.0723. The number of halogens is 1. The number of fused-ring (bicyclic) bond motifs is 1. The van der Waals surface area contributed by atoms with Gasteiger partial charge in [0.25, 0.3) is 11.5 Å². The summed E-state index contributed by atoms with van der Waals surface area (Å²) in [6.07, 6.45) is 3.81. The lowest BCUT2D eigenvalue weighted by atomic mass is 10.0. The molecule has 4 heterocycles. The number of aromatic nitrogens is 3. The fraction of sp³-hybridized carbons (Fsp3) is 0.333. The number of hydrogen-bond donors (Lipinski definition) is 1. The van der Waals surface area contributed by atoms with Gasteiger partial charge in [0.1, 0.15) is 17.3 Å². The lowest BCUT2D eigenvalue weighted by Gasteiger charge is -2.29. The molecule has 7 nitrogen and oxygen atoms in total. The van der Waals surface area contributed by atoms with Crippen LogP contribution in [0.15, 0.2) is 53.5 Å². The summed E-state index contributed by atoms with van der Waals surface area (Å²) in [5.74, 6) is 0.155. The zero-order chi connectivity index (χ0) is 22.1. The van der Waals surface area contributed by atoms with Crippen LogP contribution in [-0.2, 0) is 19.5 Å². The van der Waals surface area contributed by atoms with Crippen LogP contribution in [0.5, 0.6) is 0 Å². The van der Waals surface area contributed by atoms with Gasteiger partial charge >= 0.3 is 0 Å². The average molecular weight is 433 g/mol. The van der Waals surface area contributed by atoms with Crippen molar-refractivity contribution in [3.05, 3.63) is 93.2 Å². The molecule has 2 aliphatic rings. The number of nitrogens with one attached hydrogen (secondary N) is 1. The highest BCUT2D eigenvalue weighted by atomic mass is 19.1. The Hall–Kier alpha value is -3.39. The number of rotatable bonds is 4. The van der Waals surface area contributed by atoms with Crippen molar-refractivity contribution in [1.82, 2.24) is 24.8 Å². The number of H-pyrrole nitrogens is 1. The first-order valence-corrected chi connectivity index (χ1v) is 10.9. The van der Waals surface area contributed by atoms with Crippen LogP contribution in [0.3, 0.4) is 0 Å². The fourth-order valence-electron chi connectivity index (χ4n) is 4.59. The molecular weight excluding hydrogens is 409 g/mol. The summed E-state index contributed by atoms with van der Waals surface area (Å²) >= 11 is 0. The standard InChI is InChI=1S/C24H24FN5O2/c25-18-7-2-1-6-16(18)14-29-13-10-19-17(15-29)23(31)28-22(27-19)21-9-5-12-30(21)24(32)20-8-3-4-11-26-20/h1-4,6-8,11,21H,5,9-10,12-15H2,(H,27,28,31)/t21-/m1/s1. The molecule has 0 unspecified atom stereocenters. The summed E-state index contributed by atoms with van der Waals surface area (Å²) in [6, 6.07) is 11.7. The number of nitrogens with zero attached hydrogens (tertiary/aromatic N) is 4. The number of carbonyl (C=O) groups excluding carboxylic acids is 1. The molecule has 1 fully saturated rings. The quantitative estimate of drug-likeness (QED) is 0.684. The molecule has 164 valence electrons. The Kier molecular flexibility index (Phi) is 5.53. The van der Waals surface area contributed by atoms with Gasteiger partial charge in [-0.3, -0.25) is 19.5 Å². The van der Waals surface area contributed by atoms with Crippen molar-refractivity contribution in [3.63, 3.8) is 0 Å². The SMILES string of the molecule is O=C(c1ccccn1)N1CCC[C@@H]1c1nc2c(c(=O)[nH]1)CN(Cc1ccccc1F)CC2. The van der Waals surface area contributed by atoms with Gasteiger partial charge in [0.15, 0.2) is 0 Å². The molecule has 1 saturated heterocycles. The zero-order valence-electron chi connectivity index (χ0n) is 17.6. The number of hydrogen-bond acceptors (Lipinski definition) is 5. The van der Waals surface area contributed by atoms with Crippen LogP contribution in [0.1, 0.15) is 52.0 Å². The van der Waals surface area contributed by atoms with Crippen molar-refractivity contribution in [2.24, 2.45) is 0 Å². The van der Waals surface area contributed by atoms with Gasteiger partial charge in [-0.15, -0.1) is 0 Å². The van der Waals surface area contributed by atoms with E-state index in [1.165, 1.54) is 6.07 Å². The van der Waals surface area contributed by atoms with Crippen LogP contribution in [0.4, 0.5) is 4.39 Å². The van der Waals surface area contributed by atoms with Crippen molar-refractivity contribution in [3.8, 4) is 0 Å². The smallest absolute Gasteiger partial charge is 0.273 e. The lowest BCUT2D eigenvalue weighted by Crippen LogP contribution is -2.38. The summed E-state index contributed by atoms with van der Waals surface area (Å²) in [4.78, 5) is 41.6. The molecule has 0 saturated carbocycles. The first-order chi connectivity index (χ1) is 15.6. The Bertz CT molecular complexity index is 1200. The van der Waals surface area contributed by atoms with Gasteiger partial charge in [-0.1, -0.05) is 24.3 Å². The van der Waals surface area contributed by atoms with E-state index in [4.69, 9.17) is 4.98 Å². The molecule has 1 amide bonds. The highest BCUT2D eigenvalue weighted by Gasteiger charge is 2.34. The molecule has 3 aromatic rings. The summed E-state index contributed by atoms with van der Waals surface area (Å²) in [6.45, 7) is 2.17. The molecule has 2 aromatic heterocycles. The third kappa shape index (κ3) is 3.93. The molecule has 0 radical (unpaired) electrons. The van der Waals surface area contributed by atoms with Gasteiger partial charge in [-0.2, -0.15) is 0 Å². The van der Waals surface area contributed by atoms with E-state index in [2.05, 4.69) is 14.9 Å². The monoisotopic (exact) mass is 433 g/mol. The van der Waals surface area contributed by atoms with Gasteiger partial charge in [0.05, 0.1) is 17.3 Å². The van der Waals surface area contributed by atoms with E-state index in [0.717, 1.165) is 18.5 Å². The summed E-state index contributed by atoms with van der Waals surface area (Å²) < 4.78 is 14.0. The summed E-state index contributed by atoms with van der Waals surface area (Å²) in [7, 11) is 0. The van der Waals surface area contributed by atoms with Crippen molar-refractivity contribution in [2.75, 3.05) is 13.1 Å². The second-order valence-corrected chi connectivity index (χ2v) is 8.30. The first kappa shape index (κ1) is 20.5. The van der Waals surface area contributed by atoms with Gasteiger partial charge < -0.3 is 9.88 Å².